The minimum atomic E-state index is -0.744. The van der Waals surface area contributed by atoms with Gasteiger partial charge in [0.25, 0.3) is 11.7 Å². The first-order valence-corrected chi connectivity index (χ1v) is 14.6. The summed E-state index contributed by atoms with van der Waals surface area (Å²) in [6.07, 6.45) is 1.57. The van der Waals surface area contributed by atoms with Crippen LogP contribution in [-0.2, 0) is 20.9 Å². The molecule has 2 heterocycles. The predicted octanol–water partition coefficient (Wildman–Crippen LogP) is 5.20. The minimum absolute atomic E-state index is 0.0776. The summed E-state index contributed by atoms with van der Waals surface area (Å²) in [5, 5.41) is 11.5. The number of ether oxygens (including phenoxy) is 3. The van der Waals surface area contributed by atoms with Crippen LogP contribution >= 0.6 is 0 Å². The second-order valence-electron chi connectivity index (χ2n) is 10.5. The van der Waals surface area contributed by atoms with Crippen LogP contribution in [0, 0.1) is 0 Å². The molecule has 2 fully saturated rings. The average Bonchev–Trinajstić information content (AvgIpc) is 3.29. The highest BCUT2D eigenvalue weighted by molar-refractivity contribution is 6.46. The molecule has 0 bridgehead atoms. The van der Waals surface area contributed by atoms with Crippen molar-refractivity contribution in [2.75, 3.05) is 46.0 Å². The summed E-state index contributed by atoms with van der Waals surface area (Å²) in [4.78, 5) is 30.8. The Morgan fingerprint density at radius 1 is 0.905 bits per heavy atom. The van der Waals surface area contributed by atoms with Gasteiger partial charge in [-0.15, -0.1) is 0 Å². The first kappa shape index (κ1) is 29.4. The smallest absolute Gasteiger partial charge is 0.295 e. The van der Waals surface area contributed by atoms with Crippen LogP contribution in [0.5, 0.6) is 11.5 Å². The molecule has 3 aromatic rings. The lowest BCUT2D eigenvalue weighted by atomic mass is 9.95. The molecule has 220 valence electrons. The van der Waals surface area contributed by atoms with Crippen molar-refractivity contribution in [2.45, 2.75) is 32.4 Å². The molecule has 0 saturated carbocycles. The number of hydrogen-bond acceptors (Lipinski definition) is 7. The Labute approximate surface area is 247 Å². The van der Waals surface area contributed by atoms with Gasteiger partial charge in [-0.1, -0.05) is 49.4 Å². The molecule has 0 aliphatic carbocycles. The molecule has 1 atom stereocenters. The Morgan fingerprint density at radius 3 is 2.40 bits per heavy atom. The number of amides is 1. The van der Waals surface area contributed by atoms with Gasteiger partial charge in [0.05, 0.1) is 31.4 Å². The maximum atomic E-state index is 13.5. The molecule has 2 aliphatic heterocycles. The number of hydrogen-bond donors (Lipinski definition) is 1. The van der Waals surface area contributed by atoms with E-state index in [-0.39, 0.29) is 11.3 Å². The van der Waals surface area contributed by atoms with Gasteiger partial charge in [0.1, 0.15) is 23.9 Å². The minimum Gasteiger partial charge on any atom is -0.507 e. The van der Waals surface area contributed by atoms with Crippen molar-refractivity contribution >= 4 is 17.4 Å². The van der Waals surface area contributed by atoms with Gasteiger partial charge in [-0.3, -0.25) is 14.5 Å². The fraction of sp³-hybridized carbons (Fsp3) is 0.353. The maximum absolute atomic E-state index is 13.5. The standard InChI is InChI=1S/C34H38N2O6/c1-2-20-41-28-14-12-26(13-15-28)32(37)30-31(27-10-6-11-29(23-27)42-24-25-8-4-3-5-9-25)36(34(39)33(30)38)17-7-16-35-18-21-40-22-19-35/h3-6,8-15,23,31,37H,2,7,16-22,24H2,1H3. The van der Waals surface area contributed by atoms with Crippen LogP contribution in [0.4, 0.5) is 0 Å². The highest BCUT2D eigenvalue weighted by atomic mass is 16.5. The van der Waals surface area contributed by atoms with Gasteiger partial charge >= 0.3 is 0 Å². The molecule has 0 radical (unpaired) electrons. The van der Waals surface area contributed by atoms with Gasteiger partial charge in [0.15, 0.2) is 0 Å². The van der Waals surface area contributed by atoms with Crippen LogP contribution < -0.4 is 9.47 Å². The summed E-state index contributed by atoms with van der Waals surface area (Å²) in [5.41, 5.74) is 2.26. The summed E-state index contributed by atoms with van der Waals surface area (Å²) >= 11 is 0. The van der Waals surface area contributed by atoms with Crippen molar-refractivity contribution in [1.82, 2.24) is 9.80 Å². The van der Waals surface area contributed by atoms with Gasteiger partial charge in [-0.2, -0.15) is 0 Å². The van der Waals surface area contributed by atoms with Crippen LogP contribution in [-0.4, -0.2) is 72.6 Å². The molecule has 0 spiro atoms. The van der Waals surface area contributed by atoms with Crippen molar-refractivity contribution in [2.24, 2.45) is 0 Å². The molecule has 8 heteroatoms. The zero-order valence-corrected chi connectivity index (χ0v) is 24.0. The molecule has 5 rings (SSSR count). The lowest BCUT2D eigenvalue weighted by Crippen LogP contribution is -2.38. The van der Waals surface area contributed by atoms with Gasteiger partial charge < -0.3 is 24.2 Å². The van der Waals surface area contributed by atoms with E-state index in [4.69, 9.17) is 14.2 Å². The molecule has 2 saturated heterocycles. The van der Waals surface area contributed by atoms with Crippen LogP contribution in [0.1, 0.15) is 42.5 Å². The maximum Gasteiger partial charge on any atom is 0.295 e. The number of aliphatic hydroxyl groups is 1. The molecule has 1 unspecified atom stereocenters. The van der Waals surface area contributed by atoms with Crippen molar-refractivity contribution in [1.29, 1.82) is 0 Å². The summed E-state index contributed by atoms with van der Waals surface area (Å²) in [7, 11) is 0. The highest BCUT2D eigenvalue weighted by Crippen LogP contribution is 2.40. The third kappa shape index (κ3) is 7.01. The number of aliphatic hydroxyl groups excluding tert-OH is 1. The van der Waals surface area contributed by atoms with E-state index in [1.54, 1.807) is 29.2 Å². The number of likely N-dealkylation sites (tertiary alicyclic amines) is 1. The first-order valence-electron chi connectivity index (χ1n) is 14.6. The molecule has 0 aromatic heterocycles. The first-order chi connectivity index (χ1) is 20.5. The quantitative estimate of drug-likeness (QED) is 0.182. The van der Waals surface area contributed by atoms with Gasteiger partial charge in [0.2, 0.25) is 0 Å². The van der Waals surface area contributed by atoms with Gasteiger partial charge in [-0.25, -0.2) is 0 Å². The molecular formula is C34H38N2O6. The summed E-state index contributed by atoms with van der Waals surface area (Å²) < 4.78 is 17.2. The normalized spacial score (nSPS) is 18.8. The topological polar surface area (TPSA) is 88.5 Å². The number of rotatable bonds is 12. The van der Waals surface area contributed by atoms with E-state index >= 15 is 0 Å². The lowest BCUT2D eigenvalue weighted by Gasteiger charge is -2.29. The molecule has 42 heavy (non-hydrogen) atoms. The van der Waals surface area contributed by atoms with Crippen LogP contribution in [0.25, 0.3) is 5.76 Å². The van der Waals surface area contributed by atoms with E-state index in [9.17, 15) is 14.7 Å². The Morgan fingerprint density at radius 2 is 1.67 bits per heavy atom. The van der Waals surface area contributed by atoms with E-state index < -0.39 is 17.7 Å². The number of nitrogens with zero attached hydrogens (tertiary/aromatic N) is 2. The highest BCUT2D eigenvalue weighted by Gasteiger charge is 2.46. The zero-order chi connectivity index (χ0) is 29.3. The Hall–Kier alpha value is -4.14. The molecule has 8 nitrogen and oxygen atoms in total. The number of carbonyl (C=O) groups excluding carboxylic acids is 2. The van der Waals surface area contributed by atoms with E-state index in [1.807, 2.05) is 61.5 Å². The number of Topliss-reactive ketones (excluding diaryl/α,β-unsaturated/α-hetero) is 1. The zero-order valence-electron chi connectivity index (χ0n) is 24.0. The van der Waals surface area contributed by atoms with E-state index in [0.29, 0.717) is 62.0 Å². The largest absolute Gasteiger partial charge is 0.507 e. The Balaban J connectivity index is 1.44. The number of carbonyl (C=O) groups is 2. The fourth-order valence-electron chi connectivity index (χ4n) is 5.35. The van der Waals surface area contributed by atoms with Crippen LogP contribution in [0.3, 0.4) is 0 Å². The number of ketones is 1. The van der Waals surface area contributed by atoms with Crippen molar-refractivity contribution in [3.05, 3.63) is 101 Å². The fourth-order valence-corrected chi connectivity index (χ4v) is 5.35. The number of benzene rings is 3. The second kappa shape index (κ2) is 14.2. The third-order valence-electron chi connectivity index (χ3n) is 7.54. The number of morpholine rings is 1. The monoisotopic (exact) mass is 570 g/mol. The molecule has 1 N–H and O–H groups in total. The van der Waals surface area contributed by atoms with Crippen molar-refractivity contribution in [3.8, 4) is 11.5 Å². The van der Waals surface area contributed by atoms with Gasteiger partial charge in [0, 0.05) is 31.7 Å². The molecular weight excluding hydrogens is 532 g/mol. The predicted molar refractivity (Wildman–Crippen MR) is 160 cm³/mol. The summed E-state index contributed by atoms with van der Waals surface area (Å²) in [5.74, 6) is -0.205. The lowest BCUT2D eigenvalue weighted by molar-refractivity contribution is -0.140. The van der Waals surface area contributed by atoms with Crippen molar-refractivity contribution < 1.29 is 28.9 Å². The molecule has 2 aliphatic rings. The Kier molecular flexibility index (Phi) is 9.90. The SMILES string of the molecule is CCCOc1ccc(C(O)=C2C(=O)C(=O)N(CCCN3CCOCC3)C2c2cccc(OCc3ccccc3)c2)cc1. The van der Waals surface area contributed by atoms with E-state index in [0.717, 1.165) is 31.6 Å². The molecule has 1 amide bonds. The van der Waals surface area contributed by atoms with Crippen LogP contribution in [0.2, 0.25) is 0 Å². The Bertz CT molecular complexity index is 1380. The van der Waals surface area contributed by atoms with E-state index in [2.05, 4.69) is 4.90 Å². The summed E-state index contributed by atoms with van der Waals surface area (Å²) in [6, 6.07) is 23.5. The third-order valence-corrected chi connectivity index (χ3v) is 7.54. The van der Waals surface area contributed by atoms with Gasteiger partial charge in [-0.05, 0) is 60.4 Å². The second-order valence-corrected chi connectivity index (χ2v) is 10.5. The average molecular weight is 571 g/mol. The van der Waals surface area contributed by atoms with Crippen LogP contribution in [0.15, 0.2) is 84.4 Å². The molecule has 3 aromatic carbocycles. The van der Waals surface area contributed by atoms with E-state index in [1.165, 1.54) is 0 Å². The summed E-state index contributed by atoms with van der Waals surface area (Å²) in [6.45, 7) is 7.26. The van der Waals surface area contributed by atoms with Crippen molar-refractivity contribution in [3.63, 3.8) is 0 Å².